The number of nitro benzene ring substituents is 1. The molecule has 1 unspecified atom stereocenters. The van der Waals surface area contributed by atoms with Crippen LogP contribution in [-0.4, -0.2) is 29.3 Å². The summed E-state index contributed by atoms with van der Waals surface area (Å²) in [5.41, 5.74) is -0.505. The predicted molar refractivity (Wildman–Crippen MR) is 69.5 cm³/mol. The molecule has 1 rings (SSSR count). The molecule has 0 aliphatic rings. The van der Waals surface area contributed by atoms with E-state index in [1.165, 1.54) is 11.0 Å². The Hall–Kier alpha value is -1.98. The highest BCUT2D eigenvalue weighted by Crippen LogP contribution is 2.19. The number of nitrogens with zero attached hydrogens (tertiary/aromatic N) is 2. The number of halogens is 1. The molecule has 0 aliphatic carbocycles. The third-order valence-electron chi connectivity index (χ3n) is 3.02. The Morgan fingerprint density at radius 3 is 2.63 bits per heavy atom. The molecule has 0 radical (unpaired) electrons. The minimum atomic E-state index is -0.993. The Morgan fingerprint density at radius 1 is 1.53 bits per heavy atom. The van der Waals surface area contributed by atoms with Crippen LogP contribution in [0.4, 0.5) is 10.1 Å². The molecule has 1 amide bonds. The Kier molecular flexibility index (Phi) is 4.97. The van der Waals surface area contributed by atoms with Gasteiger partial charge in [0.05, 0.1) is 4.92 Å². The number of amides is 1. The lowest BCUT2D eigenvalue weighted by Crippen LogP contribution is -2.30. The first-order valence-corrected chi connectivity index (χ1v) is 6.06. The molecule has 19 heavy (non-hydrogen) atoms. The van der Waals surface area contributed by atoms with E-state index in [1.54, 1.807) is 7.05 Å². The van der Waals surface area contributed by atoms with E-state index in [9.17, 15) is 19.3 Å². The van der Waals surface area contributed by atoms with Crippen molar-refractivity contribution in [3.63, 3.8) is 0 Å². The van der Waals surface area contributed by atoms with Crippen LogP contribution in [0.2, 0.25) is 0 Å². The van der Waals surface area contributed by atoms with E-state index in [1.807, 2.05) is 13.8 Å². The molecule has 0 heterocycles. The quantitative estimate of drug-likeness (QED) is 0.609. The van der Waals surface area contributed by atoms with Crippen LogP contribution < -0.4 is 0 Å². The number of hydrogen-bond acceptors (Lipinski definition) is 3. The Labute approximate surface area is 111 Å². The molecule has 104 valence electrons. The van der Waals surface area contributed by atoms with Crippen molar-refractivity contribution in [3.8, 4) is 0 Å². The number of rotatable bonds is 5. The van der Waals surface area contributed by atoms with Crippen molar-refractivity contribution in [2.24, 2.45) is 5.92 Å². The average molecular weight is 268 g/mol. The molecule has 1 aromatic carbocycles. The molecule has 6 heteroatoms. The van der Waals surface area contributed by atoms with Crippen molar-refractivity contribution >= 4 is 11.6 Å². The minimum Gasteiger partial charge on any atom is -0.341 e. The van der Waals surface area contributed by atoms with Crippen LogP contribution in [0.5, 0.6) is 0 Å². The normalized spacial score (nSPS) is 12.0. The fourth-order valence-corrected chi connectivity index (χ4v) is 1.69. The van der Waals surface area contributed by atoms with Gasteiger partial charge in [-0.2, -0.15) is 4.39 Å². The molecule has 0 fully saturated rings. The lowest BCUT2D eigenvalue weighted by Gasteiger charge is -2.20. The minimum absolute atomic E-state index is 0.119. The zero-order chi connectivity index (χ0) is 14.6. The van der Waals surface area contributed by atoms with E-state index in [0.717, 1.165) is 18.6 Å². The molecule has 5 nitrogen and oxygen atoms in total. The highest BCUT2D eigenvalue weighted by atomic mass is 19.1. The van der Waals surface area contributed by atoms with E-state index in [-0.39, 0.29) is 11.5 Å². The van der Waals surface area contributed by atoms with Crippen LogP contribution in [0.1, 0.15) is 30.6 Å². The summed E-state index contributed by atoms with van der Waals surface area (Å²) in [5, 5.41) is 10.5. The number of carbonyl (C=O) groups is 1. The second kappa shape index (κ2) is 6.26. The molecule has 0 spiro atoms. The van der Waals surface area contributed by atoms with Gasteiger partial charge in [0.15, 0.2) is 0 Å². The van der Waals surface area contributed by atoms with Crippen LogP contribution in [0.25, 0.3) is 0 Å². The van der Waals surface area contributed by atoms with Gasteiger partial charge in [-0.1, -0.05) is 20.3 Å². The standard InChI is InChI=1S/C13H17FN2O3/c1-4-9(2)8-15(3)13(17)10-5-6-12(16(18)19)11(14)7-10/h5-7,9H,4,8H2,1-3H3. The first kappa shape index (κ1) is 15.1. The molecule has 1 aromatic rings. The van der Waals surface area contributed by atoms with Crippen molar-refractivity contribution in [1.29, 1.82) is 0 Å². The second-order valence-electron chi connectivity index (χ2n) is 4.62. The van der Waals surface area contributed by atoms with Gasteiger partial charge >= 0.3 is 5.69 Å². The van der Waals surface area contributed by atoms with Gasteiger partial charge in [-0.05, 0) is 18.1 Å². The van der Waals surface area contributed by atoms with Crippen molar-refractivity contribution in [2.45, 2.75) is 20.3 Å². The van der Waals surface area contributed by atoms with Crippen LogP contribution in [-0.2, 0) is 0 Å². The van der Waals surface area contributed by atoms with Gasteiger partial charge in [0.1, 0.15) is 0 Å². The summed E-state index contributed by atoms with van der Waals surface area (Å²) >= 11 is 0. The summed E-state index contributed by atoms with van der Waals surface area (Å²) < 4.78 is 13.4. The van der Waals surface area contributed by atoms with Gasteiger partial charge in [0, 0.05) is 25.2 Å². The van der Waals surface area contributed by atoms with Crippen molar-refractivity contribution in [2.75, 3.05) is 13.6 Å². The monoisotopic (exact) mass is 268 g/mol. The number of benzene rings is 1. The zero-order valence-corrected chi connectivity index (χ0v) is 11.2. The summed E-state index contributed by atoms with van der Waals surface area (Å²) in [6, 6.07) is 3.20. The summed E-state index contributed by atoms with van der Waals surface area (Å²) in [5.74, 6) is -0.987. The molecule has 0 aliphatic heterocycles. The average Bonchev–Trinajstić information content (AvgIpc) is 2.36. The Balaban J connectivity index is 2.89. The topological polar surface area (TPSA) is 63.5 Å². The zero-order valence-electron chi connectivity index (χ0n) is 11.2. The maximum Gasteiger partial charge on any atom is 0.304 e. The highest BCUT2D eigenvalue weighted by molar-refractivity contribution is 5.94. The van der Waals surface area contributed by atoms with Crippen LogP contribution in [0, 0.1) is 21.8 Å². The van der Waals surface area contributed by atoms with E-state index in [0.29, 0.717) is 12.5 Å². The third kappa shape index (κ3) is 3.74. The number of hydrogen-bond donors (Lipinski definition) is 0. The van der Waals surface area contributed by atoms with E-state index < -0.39 is 16.4 Å². The summed E-state index contributed by atoms with van der Waals surface area (Å²) in [4.78, 5) is 23.2. The highest BCUT2D eigenvalue weighted by Gasteiger charge is 2.19. The van der Waals surface area contributed by atoms with Gasteiger partial charge in [0.2, 0.25) is 5.82 Å². The van der Waals surface area contributed by atoms with Crippen LogP contribution >= 0.6 is 0 Å². The molecule has 0 aromatic heterocycles. The molecular formula is C13H17FN2O3. The first-order valence-electron chi connectivity index (χ1n) is 6.06. The van der Waals surface area contributed by atoms with Gasteiger partial charge in [-0.25, -0.2) is 0 Å². The molecular weight excluding hydrogens is 251 g/mol. The van der Waals surface area contributed by atoms with E-state index in [4.69, 9.17) is 0 Å². The number of nitro groups is 1. The SMILES string of the molecule is CCC(C)CN(C)C(=O)c1ccc([N+](=O)[O-])c(F)c1. The Morgan fingerprint density at radius 2 is 2.16 bits per heavy atom. The fraction of sp³-hybridized carbons (Fsp3) is 0.462. The van der Waals surface area contributed by atoms with E-state index >= 15 is 0 Å². The smallest absolute Gasteiger partial charge is 0.304 e. The van der Waals surface area contributed by atoms with Gasteiger partial charge in [0.25, 0.3) is 5.91 Å². The fourth-order valence-electron chi connectivity index (χ4n) is 1.69. The first-order chi connectivity index (χ1) is 8.86. The molecule has 0 bridgehead atoms. The summed E-state index contributed by atoms with van der Waals surface area (Å²) in [6.07, 6.45) is 0.937. The maximum atomic E-state index is 13.4. The van der Waals surface area contributed by atoms with Gasteiger partial charge < -0.3 is 4.90 Å². The Bertz CT molecular complexity index is 491. The predicted octanol–water partition coefficient (Wildman–Crippen LogP) is 2.85. The van der Waals surface area contributed by atoms with Crippen molar-refractivity contribution in [1.82, 2.24) is 4.90 Å². The summed E-state index contributed by atoms with van der Waals surface area (Å²) in [6.45, 7) is 4.60. The lowest BCUT2D eigenvalue weighted by molar-refractivity contribution is -0.387. The lowest BCUT2D eigenvalue weighted by atomic mass is 10.1. The van der Waals surface area contributed by atoms with Gasteiger partial charge in [-0.3, -0.25) is 14.9 Å². The molecule has 0 saturated heterocycles. The summed E-state index contributed by atoms with van der Waals surface area (Å²) in [7, 11) is 1.63. The van der Waals surface area contributed by atoms with Crippen molar-refractivity contribution in [3.05, 3.63) is 39.7 Å². The number of carbonyl (C=O) groups excluding carboxylic acids is 1. The largest absolute Gasteiger partial charge is 0.341 e. The maximum absolute atomic E-state index is 13.4. The van der Waals surface area contributed by atoms with Crippen LogP contribution in [0.3, 0.4) is 0 Å². The second-order valence-corrected chi connectivity index (χ2v) is 4.62. The van der Waals surface area contributed by atoms with E-state index in [2.05, 4.69) is 0 Å². The van der Waals surface area contributed by atoms with Crippen LogP contribution in [0.15, 0.2) is 18.2 Å². The molecule has 0 saturated carbocycles. The van der Waals surface area contributed by atoms with Gasteiger partial charge in [-0.15, -0.1) is 0 Å². The third-order valence-corrected chi connectivity index (χ3v) is 3.02. The van der Waals surface area contributed by atoms with Crippen molar-refractivity contribution < 1.29 is 14.1 Å². The molecule has 1 atom stereocenters. The molecule has 0 N–H and O–H groups in total.